The molecule has 0 aliphatic rings. The third-order valence-electron chi connectivity index (χ3n) is 2.74. The maximum atomic E-state index is 13.8. The number of nitrogens with one attached hydrogen (secondary N) is 1. The van der Waals surface area contributed by atoms with Crippen LogP contribution in [0.25, 0.3) is 0 Å². The number of nitrogens with two attached hydrogens (primary N) is 1. The lowest BCUT2D eigenvalue weighted by molar-refractivity contribution is 0.535. The van der Waals surface area contributed by atoms with Crippen molar-refractivity contribution in [3.8, 4) is 0 Å². The minimum Gasteiger partial charge on any atom is -0.271 e. The van der Waals surface area contributed by atoms with E-state index in [1.165, 1.54) is 0 Å². The molecule has 2 rings (SSSR count). The van der Waals surface area contributed by atoms with Gasteiger partial charge in [0.15, 0.2) is 0 Å². The first kappa shape index (κ1) is 14.8. The van der Waals surface area contributed by atoms with E-state index >= 15 is 0 Å². The highest BCUT2D eigenvalue weighted by molar-refractivity contribution is 6.30. The number of hydrogen-bond donors (Lipinski definition) is 2. The molecular formula is C13H9ClF4N2. The summed E-state index contributed by atoms with van der Waals surface area (Å²) in [6, 6.07) is 3.08. The van der Waals surface area contributed by atoms with Crippen LogP contribution in [-0.4, -0.2) is 0 Å². The normalized spacial score (nSPS) is 12.5. The van der Waals surface area contributed by atoms with Gasteiger partial charge < -0.3 is 0 Å². The van der Waals surface area contributed by atoms with Gasteiger partial charge in [-0.3, -0.25) is 5.84 Å². The first-order valence-corrected chi connectivity index (χ1v) is 5.86. The Morgan fingerprint density at radius 3 is 2.05 bits per heavy atom. The van der Waals surface area contributed by atoms with Gasteiger partial charge in [-0.15, -0.1) is 0 Å². The molecule has 3 N–H and O–H groups in total. The first-order valence-electron chi connectivity index (χ1n) is 5.49. The molecule has 0 heterocycles. The van der Waals surface area contributed by atoms with E-state index < -0.39 is 34.3 Å². The van der Waals surface area contributed by atoms with Crippen LogP contribution >= 0.6 is 11.6 Å². The Balaban J connectivity index is 2.55. The summed E-state index contributed by atoms with van der Waals surface area (Å²) < 4.78 is 53.6. The van der Waals surface area contributed by atoms with Gasteiger partial charge in [-0.2, -0.15) is 0 Å². The molecule has 0 aliphatic carbocycles. The van der Waals surface area contributed by atoms with Crippen molar-refractivity contribution in [3.05, 3.63) is 69.8 Å². The summed E-state index contributed by atoms with van der Waals surface area (Å²) in [6.07, 6.45) is 0. The van der Waals surface area contributed by atoms with Crippen LogP contribution in [0.1, 0.15) is 17.2 Å². The van der Waals surface area contributed by atoms with E-state index in [-0.39, 0.29) is 11.1 Å². The van der Waals surface area contributed by atoms with Gasteiger partial charge in [-0.05, 0) is 29.8 Å². The second-order valence-corrected chi connectivity index (χ2v) is 4.50. The highest BCUT2D eigenvalue weighted by atomic mass is 35.5. The lowest BCUT2D eigenvalue weighted by Gasteiger charge is -2.18. The maximum absolute atomic E-state index is 13.8. The van der Waals surface area contributed by atoms with Gasteiger partial charge in [-0.1, -0.05) is 11.6 Å². The summed E-state index contributed by atoms with van der Waals surface area (Å²) in [4.78, 5) is 0. The molecule has 7 heteroatoms. The summed E-state index contributed by atoms with van der Waals surface area (Å²) in [5.41, 5.74) is 2.00. The molecular weight excluding hydrogens is 296 g/mol. The van der Waals surface area contributed by atoms with Crippen molar-refractivity contribution < 1.29 is 17.6 Å². The average Bonchev–Trinajstić information content (AvgIpc) is 2.35. The highest BCUT2D eigenvalue weighted by Crippen LogP contribution is 2.28. The van der Waals surface area contributed by atoms with E-state index in [1.807, 2.05) is 0 Å². The van der Waals surface area contributed by atoms with Crippen LogP contribution < -0.4 is 11.3 Å². The predicted molar refractivity (Wildman–Crippen MR) is 66.9 cm³/mol. The quantitative estimate of drug-likeness (QED) is 0.394. The van der Waals surface area contributed by atoms with Crippen LogP contribution in [0.5, 0.6) is 0 Å². The van der Waals surface area contributed by atoms with Gasteiger partial charge in [0, 0.05) is 11.6 Å². The van der Waals surface area contributed by atoms with Crippen molar-refractivity contribution in [1.82, 2.24) is 5.43 Å². The lowest BCUT2D eigenvalue weighted by atomic mass is 9.98. The van der Waals surface area contributed by atoms with Gasteiger partial charge in [0.1, 0.15) is 23.3 Å². The summed E-state index contributed by atoms with van der Waals surface area (Å²) >= 11 is 5.44. The number of benzene rings is 2. The third-order valence-corrected chi connectivity index (χ3v) is 3.03. The molecule has 0 saturated carbocycles. The van der Waals surface area contributed by atoms with Crippen molar-refractivity contribution in [3.63, 3.8) is 0 Å². The molecule has 1 unspecified atom stereocenters. The van der Waals surface area contributed by atoms with Crippen LogP contribution in [0.15, 0.2) is 30.3 Å². The Hall–Kier alpha value is -1.63. The van der Waals surface area contributed by atoms with Gasteiger partial charge >= 0.3 is 0 Å². The SMILES string of the molecule is NNC(c1cc(F)cc(F)c1)c1cc(F)c(Cl)cc1F. The smallest absolute Gasteiger partial charge is 0.142 e. The van der Waals surface area contributed by atoms with Crippen LogP contribution in [0, 0.1) is 23.3 Å². The molecule has 20 heavy (non-hydrogen) atoms. The number of rotatable bonds is 3. The third kappa shape index (κ3) is 2.92. The molecule has 0 spiro atoms. The Morgan fingerprint density at radius 1 is 0.900 bits per heavy atom. The van der Waals surface area contributed by atoms with Crippen molar-refractivity contribution in [2.45, 2.75) is 6.04 Å². The van der Waals surface area contributed by atoms with Crippen molar-refractivity contribution >= 4 is 11.6 Å². The first-order chi connectivity index (χ1) is 9.42. The molecule has 106 valence electrons. The van der Waals surface area contributed by atoms with Crippen LogP contribution in [0.3, 0.4) is 0 Å². The molecule has 0 amide bonds. The second kappa shape index (κ2) is 5.78. The molecule has 2 nitrogen and oxygen atoms in total. The lowest BCUT2D eigenvalue weighted by Crippen LogP contribution is -2.29. The number of hydrogen-bond acceptors (Lipinski definition) is 2. The Bertz CT molecular complexity index is 628. The highest BCUT2D eigenvalue weighted by Gasteiger charge is 2.20. The molecule has 0 aromatic heterocycles. The molecule has 1 atom stereocenters. The molecule has 0 radical (unpaired) electrons. The predicted octanol–water partition coefficient (Wildman–Crippen LogP) is 3.45. The molecule has 0 bridgehead atoms. The minimum absolute atomic E-state index is 0.0191. The van der Waals surface area contributed by atoms with Crippen molar-refractivity contribution in [2.75, 3.05) is 0 Å². The second-order valence-electron chi connectivity index (χ2n) is 4.09. The summed E-state index contributed by atoms with van der Waals surface area (Å²) in [6.45, 7) is 0. The van der Waals surface area contributed by atoms with Crippen molar-refractivity contribution in [2.24, 2.45) is 5.84 Å². The summed E-state index contributed by atoms with van der Waals surface area (Å²) in [5.74, 6) is 1.87. The van der Waals surface area contributed by atoms with E-state index in [0.717, 1.165) is 24.3 Å². The standard InChI is InChI=1S/C13H9ClF4N2/c14-10-5-11(17)9(4-12(10)18)13(20-19)6-1-7(15)3-8(16)2-6/h1-5,13,20H,19H2. The maximum Gasteiger partial charge on any atom is 0.142 e. The summed E-state index contributed by atoms with van der Waals surface area (Å²) in [5, 5.41) is -0.396. The zero-order valence-electron chi connectivity index (χ0n) is 9.93. The monoisotopic (exact) mass is 304 g/mol. The number of hydrazine groups is 1. The fraction of sp³-hybridized carbons (Fsp3) is 0.0769. The minimum atomic E-state index is -1.12. The largest absolute Gasteiger partial charge is 0.271 e. The van der Waals surface area contributed by atoms with E-state index in [9.17, 15) is 17.6 Å². The Morgan fingerprint density at radius 2 is 1.50 bits per heavy atom. The molecule has 0 fully saturated rings. The molecule has 2 aromatic rings. The van der Waals surface area contributed by atoms with Crippen molar-refractivity contribution in [1.29, 1.82) is 0 Å². The fourth-order valence-corrected chi connectivity index (χ4v) is 2.02. The summed E-state index contributed by atoms with van der Waals surface area (Å²) in [7, 11) is 0. The van der Waals surface area contributed by atoms with E-state index in [4.69, 9.17) is 17.4 Å². The average molecular weight is 305 g/mol. The number of halogens is 5. The van der Waals surface area contributed by atoms with Crippen LogP contribution in [-0.2, 0) is 0 Å². The Kier molecular flexibility index (Phi) is 4.27. The topological polar surface area (TPSA) is 38.0 Å². The zero-order chi connectivity index (χ0) is 14.9. The van der Waals surface area contributed by atoms with Crippen LogP contribution in [0.2, 0.25) is 5.02 Å². The van der Waals surface area contributed by atoms with E-state index in [0.29, 0.717) is 6.07 Å². The van der Waals surface area contributed by atoms with Gasteiger partial charge in [0.2, 0.25) is 0 Å². The van der Waals surface area contributed by atoms with E-state index in [2.05, 4.69) is 5.43 Å². The fourth-order valence-electron chi connectivity index (χ4n) is 1.87. The van der Waals surface area contributed by atoms with Gasteiger partial charge in [0.05, 0.1) is 11.1 Å². The Labute approximate surface area is 117 Å². The molecule has 0 aliphatic heterocycles. The molecule has 0 saturated heterocycles. The molecule has 2 aromatic carbocycles. The van der Waals surface area contributed by atoms with Gasteiger partial charge in [-0.25, -0.2) is 23.0 Å². The van der Waals surface area contributed by atoms with Gasteiger partial charge in [0.25, 0.3) is 0 Å². The zero-order valence-corrected chi connectivity index (χ0v) is 10.7. The van der Waals surface area contributed by atoms with Crippen LogP contribution in [0.4, 0.5) is 17.6 Å². The van der Waals surface area contributed by atoms with E-state index in [1.54, 1.807) is 0 Å².